The van der Waals surface area contributed by atoms with E-state index in [0.29, 0.717) is 6.61 Å². The number of nitrogens with zero attached hydrogens (tertiary/aromatic N) is 1. The van der Waals surface area contributed by atoms with Crippen LogP contribution in [0.1, 0.15) is 31.2 Å². The van der Waals surface area contributed by atoms with E-state index in [-0.39, 0.29) is 6.10 Å². The van der Waals surface area contributed by atoms with E-state index in [4.69, 9.17) is 9.47 Å². The molecule has 2 fully saturated rings. The van der Waals surface area contributed by atoms with Gasteiger partial charge in [0, 0.05) is 19.7 Å². The largest absolute Gasteiger partial charge is 0.491 e. The van der Waals surface area contributed by atoms with Gasteiger partial charge in [-0.25, -0.2) is 0 Å². The third-order valence-corrected chi connectivity index (χ3v) is 4.89. The lowest BCUT2D eigenvalue weighted by atomic mass is 9.97. The van der Waals surface area contributed by atoms with Gasteiger partial charge in [0.25, 0.3) is 0 Å². The number of nitrogens with one attached hydrogen (secondary N) is 1. The van der Waals surface area contributed by atoms with Crippen molar-refractivity contribution < 1.29 is 9.47 Å². The summed E-state index contributed by atoms with van der Waals surface area (Å²) in [6.07, 6.45) is 5.24. The highest BCUT2D eigenvalue weighted by molar-refractivity contribution is 5.27. The third kappa shape index (κ3) is 5.20. The van der Waals surface area contributed by atoms with Crippen molar-refractivity contribution in [3.8, 4) is 5.75 Å². The molecule has 4 heteroatoms. The van der Waals surface area contributed by atoms with Crippen molar-refractivity contribution in [2.24, 2.45) is 5.92 Å². The van der Waals surface area contributed by atoms with Crippen LogP contribution in [0.3, 0.4) is 0 Å². The monoisotopic (exact) mass is 318 g/mol. The maximum Gasteiger partial charge on any atom is 0.119 e. The molecule has 3 rings (SSSR count). The highest BCUT2D eigenvalue weighted by Crippen LogP contribution is 2.20. The minimum Gasteiger partial charge on any atom is -0.491 e. The number of hydrogen-bond donors (Lipinski definition) is 1. The summed E-state index contributed by atoms with van der Waals surface area (Å²) >= 11 is 0. The van der Waals surface area contributed by atoms with Gasteiger partial charge >= 0.3 is 0 Å². The molecule has 2 atom stereocenters. The van der Waals surface area contributed by atoms with Gasteiger partial charge in [0.15, 0.2) is 0 Å². The Morgan fingerprint density at radius 3 is 2.83 bits per heavy atom. The first-order valence-electron chi connectivity index (χ1n) is 9.04. The highest BCUT2D eigenvalue weighted by atomic mass is 16.5. The Bertz CT molecular complexity index is 455. The van der Waals surface area contributed by atoms with Crippen molar-refractivity contribution in [3.05, 3.63) is 29.8 Å². The summed E-state index contributed by atoms with van der Waals surface area (Å²) in [5.74, 6) is 1.75. The first-order chi connectivity index (χ1) is 11.3. The van der Waals surface area contributed by atoms with Crippen molar-refractivity contribution in [2.75, 3.05) is 39.9 Å². The lowest BCUT2D eigenvalue weighted by Gasteiger charge is -2.32. The normalized spacial score (nSPS) is 25.6. The number of hydrogen-bond acceptors (Lipinski definition) is 4. The second-order valence-electron chi connectivity index (χ2n) is 6.89. The van der Waals surface area contributed by atoms with Gasteiger partial charge in [-0.15, -0.1) is 0 Å². The molecule has 1 aromatic rings. The van der Waals surface area contributed by atoms with Crippen molar-refractivity contribution >= 4 is 0 Å². The van der Waals surface area contributed by atoms with Gasteiger partial charge in [-0.3, -0.25) is 4.90 Å². The molecule has 23 heavy (non-hydrogen) atoms. The molecule has 0 radical (unpaired) electrons. The first kappa shape index (κ1) is 16.7. The topological polar surface area (TPSA) is 33.7 Å². The van der Waals surface area contributed by atoms with E-state index in [1.807, 2.05) is 7.05 Å². The second-order valence-corrected chi connectivity index (χ2v) is 6.89. The summed E-state index contributed by atoms with van der Waals surface area (Å²) in [6.45, 7) is 6.17. The number of piperidine rings is 1. The van der Waals surface area contributed by atoms with E-state index in [2.05, 4.69) is 34.5 Å². The number of benzene rings is 1. The van der Waals surface area contributed by atoms with Crippen LogP contribution in [0.5, 0.6) is 5.75 Å². The van der Waals surface area contributed by atoms with Gasteiger partial charge in [0.2, 0.25) is 0 Å². The van der Waals surface area contributed by atoms with Crippen LogP contribution >= 0.6 is 0 Å². The average molecular weight is 318 g/mol. The zero-order valence-corrected chi connectivity index (χ0v) is 14.3. The van der Waals surface area contributed by atoms with E-state index in [0.717, 1.165) is 44.2 Å². The minimum atomic E-state index is 0.284. The Morgan fingerprint density at radius 2 is 2.09 bits per heavy atom. The summed E-state index contributed by atoms with van der Waals surface area (Å²) in [5, 5.41) is 3.31. The molecular weight excluding hydrogens is 288 g/mol. The smallest absolute Gasteiger partial charge is 0.119 e. The Kier molecular flexibility index (Phi) is 6.31. The van der Waals surface area contributed by atoms with Crippen LogP contribution in [0.15, 0.2) is 24.3 Å². The Hall–Kier alpha value is -1.10. The molecule has 0 aliphatic carbocycles. The fourth-order valence-corrected chi connectivity index (χ4v) is 3.66. The van der Waals surface area contributed by atoms with E-state index in [9.17, 15) is 0 Å². The molecule has 128 valence electrons. The lowest BCUT2D eigenvalue weighted by Crippen LogP contribution is -2.38. The van der Waals surface area contributed by atoms with E-state index < -0.39 is 0 Å². The average Bonchev–Trinajstić information content (AvgIpc) is 3.08. The molecule has 2 heterocycles. The van der Waals surface area contributed by atoms with Crippen molar-refractivity contribution in [3.63, 3.8) is 0 Å². The molecule has 2 aliphatic heterocycles. The summed E-state index contributed by atoms with van der Waals surface area (Å²) < 4.78 is 11.4. The van der Waals surface area contributed by atoms with Crippen LogP contribution in [-0.2, 0) is 11.3 Å². The number of ether oxygens (including phenoxy) is 2. The summed E-state index contributed by atoms with van der Waals surface area (Å²) in [4.78, 5) is 2.58. The predicted molar refractivity (Wildman–Crippen MR) is 92.8 cm³/mol. The third-order valence-electron chi connectivity index (χ3n) is 4.89. The van der Waals surface area contributed by atoms with Crippen molar-refractivity contribution in [1.29, 1.82) is 0 Å². The molecule has 1 aromatic carbocycles. The Labute approximate surface area is 140 Å². The van der Waals surface area contributed by atoms with Gasteiger partial charge in [-0.05, 0) is 69.4 Å². The maximum atomic E-state index is 5.84. The SMILES string of the molecule is CNCC1CCCN(Cc2ccc(OCC3CCCO3)cc2)C1. The quantitative estimate of drug-likeness (QED) is 0.838. The van der Waals surface area contributed by atoms with Gasteiger partial charge in [-0.1, -0.05) is 12.1 Å². The minimum absolute atomic E-state index is 0.284. The first-order valence-corrected chi connectivity index (χ1v) is 9.04. The van der Waals surface area contributed by atoms with E-state index >= 15 is 0 Å². The van der Waals surface area contributed by atoms with Crippen LogP contribution in [0, 0.1) is 5.92 Å². The van der Waals surface area contributed by atoms with Gasteiger partial charge in [0.05, 0.1) is 6.10 Å². The molecule has 2 unspecified atom stereocenters. The predicted octanol–water partition coefficient (Wildman–Crippen LogP) is 2.68. The van der Waals surface area contributed by atoms with Gasteiger partial charge in [0.1, 0.15) is 12.4 Å². The van der Waals surface area contributed by atoms with Crippen molar-refractivity contribution in [1.82, 2.24) is 10.2 Å². The van der Waals surface area contributed by atoms with E-state index in [1.165, 1.54) is 31.5 Å². The van der Waals surface area contributed by atoms with Crippen LogP contribution in [0.2, 0.25) is 0 Å². The fraction of sp³-hybridized carbons (Fsp3) is 0.684. The molecule has 0 bridgehead atoms. The molecule has 1 N–H and O–H groups in total. The van der Waals surface area contributed by atoms with Gasteiger partial charge < -0.3 is 14.8 Å². The lowest BCUT2D eigenvalue weighted by molar-refractivity contribution is 0.0679. The summed E-state index contributed by atoms with van der Waals surface area (Å²) in [5.41, 5.74) is 1.37. The van der Waals surface area contributed by atoms with Crippen LogP contribution < -0.4 is 10.1 Å². The summed E-state index contributed by atoms with van der Waals surface area (Å²) in [7, 11) is 2.05. The molecule has 0 saturated carbocycles. The summed E-state index contributed by atoms with van der Waals surface area (Å²) in [6, 6.07) is 8.59. The maximum absolute atomic E-state index is 5.84. The fourth-order valence-electron chi connectivity index (χ4n) is 3.66. The van der Waals surface area contributed by atoms with Crippen LogP contribution in [0.4, 0.5) is 0 Å². The molecular formula is C19H30N2O2. The van der Waals surface area contributed by atoms with Crippen LogP contribution in [0.25, 0.3) is 0 Å². The van der Waals surface area contributed by atoms with Crippen LogP contribution in [-0.4, -0.2) is 50.9 Å². The van der Waals surface area contributed by atoms with Gasteiger partial charge in [-0.2, -0.15) is 0 Å². The number of likely N-dealkylation sites (tertiary alicyclic amines) is 1. The molecule has 0 aromatic heterocycles. The molecule has 0 spiro atoms. The molecule has 0 amide bonds. The standard InChI is InChI=1S/C19H30N2O2/c1-20-12-17-4-2-10-21(14-17)13-16-6-8-18(9-7-16)23-15-19-5-3-11-22-19/h6-9,17,19-20H,2-5,10-15H2,1H3. The van der Waals surface area contributed by atoms with Crippen molar-refractivity contribution in [2.45, 2.75) is 38.3 Å². The molecule has 2 saturated heterocycles. The molecule has 4 nitrogen and oxygen atoms in total. The second kappa shape index (κ2) is 8.67. The van der Waals surface area contributed by atoms with E-state index in [1.54, 1.807) is 0 Å². The Balaban J connectivity index is 1.45. The molecule has 2 aliphatic rings. The highest BCUT2D eigenvalue weighted by Gasteiger charge is 2.19. The zero-order chi connectivity index (χ0) is 15.9. The zero-order valence-electron chi connectivity index (χ0n) is 14.3. The Morgan fingerprint density at radius 1 is 1.22 bits per heavy atom. The number of rotatable bonds is 7.